The summed E-state index contributed by atoms with van der Waals surface area (Å²) in [6.07, 6.45) is 8.47. The van der Waals surface area contributed by atoms with Gasteiger partial charge in [0.15, 0.2) is 0 Å². The van der Waals surface area contributed by atoms with Gasteiger partial charge < -0.3 is 0 Å². The fourth-order valence-electron chi connectivity index (χ4n) is 3.21. The molecule has 1 fully saturated rings. The summed E-state index contributed by atoms with van der Waals surface area (Å²) >= 11 is 3.67. The molecule has 0 saturated heterocycles. The number of halogens is 1. The van der Waals surface area contributed by atoms with Crippen molar-refractivity contribution in [3.8, 4) is 0 Å². The van der Waals surface area contributed by atoms with Gasteiger partial charge in [-0.3, -0.25) is 4.68 Å². The standard InChI is InChI=1S/C18H23BrN2/c1-14-6-8-15(9-7-14)16(13-19)12-17-10-11-21(20-17)18-4-2-3-5-18/h6-11,16,18H,2-5,12-13H2,1H3. The summed E-state index contributed by atoms with van der Waals surface area (Å²) in [5.41, 5.74) is 3.93. The van der Waals surface area contributed by atoms with Crippen molar-refractivity contribution < 1.29 is 0 Å². The van der Waals surface area contributed by atoms with Crippen LogP contribution >= 0.6 is 15.9 Å². The highest BCUT2D eigenvalue weighted by molar-refractivity contribution is 9.09. The number of hydrogen-bond acceptors (Lipinski definition) is 1. The first-order chi connectivity index (χ1) is 10.3. The Hall–Kier alpha value is -1.09. The molecule has 2 aromatic rings. The van der Waals surface area contributed by atoms with E-state index < -0.39 is 0 Å². The third kappa shape index (κ3) is 3.57. The SMILES string of the molecule is Cc1ccc(C(CBr)Cc2ccn(C3CCCC3)n2)cc1. The van der Waals surface area contributed by atoms with Crippen LogP contribution in [0.5, 0.6) is 0 Å². The van der Waals surface area contributed by atoms with E-state index in [-0.39, 0.29) is 0 Å². The number of rotatable bonds is 5. The van der Waals surface area contributed by atoms with Gasteiger partial charge in [-0.2, -0.15) is 5.10 Å². The van der Waals surface area contributed by atoms with E-state index in [4.69, 9.17) is 5.10 Å². The average Bonchev–Trinajstić information content (AvgIpc) is 3.17. The molecule has 0 radical (unpaired) electrons. The van der Waals surface area contributed by atoms with Crippen LogP contribution in [-0.2, 0) is 6.42 Å². The van der Waals surface area contributed by atoms with Gasteiger partial charge in [0.05, 0.1) is 11.7 Å². The molecule has 0 bridgehead atoms. The van der Waals surface area contributed by atoms with E-state index in [0.29, 0.717) is 12.0 Å². The van der Waals surface area contributed by atoms with Crippen LogP contribution in [0.2, 0.25) is 0 Å². The quantitative estimate of drug-likeness (QED) is 0.694. The maximum atomic E-state index is 4.82. The molecule has 1 aliphatic rings. The van der Waals surface area contributed by atoms with Crippen molar-refractivity contribution in [2.24, 2.45) is 0 Å². The fourth-order valence-corrected chi connectivity index (χ4v) is 3.81. The molecule has 1 unspecified atom stereocenters. The van der Waals surface area contributed by atoms with Crippen LogP contribution in [0.25, 0.3) is 0 Å². The Balaban J connectivity index is 1.70. The van der Waals surface area contributed by atoms with E-state index in [1.165, 1.54) is 42.5 Å². The van der Waals surface area contributed by atoms with Gasteiger partial charge in [0.2, 0.25) is 0 Å². The predicted molar refractivity (Wildman–Crippen MR) is 91.2 cm³/mol. The molecule has 1 aliphatic carbocycles. The van der Waals surface area contributed by atoms with Crippen LogP contribution in [0.1, 0.15) is 54.5 Å². The molecule has 3 heteroatoms. The summed E-state index contributed by atoms with van der Waals surface area (Å²) in [6, 6.07) is 11.7. The summed E-state index contributed by atoms with van der Waals surface area (Å²) in [5.74, 6) is 0.498. The highest BCUT2D eigenvalue weighted by atomic mass is 79.9. The van der Waals surface area contributed by atoms with Crippen molar-refractivity contribution in [2.45, 2.75) is 51.0 Å². The zero-order valence-electron chi connectivity index (χ0n) is 12.6. The Morgan fingerprint density at radius 3 is 2.57 bits per heavy atom. The second kappa shape index (κ2) is 6.78. The fraction of sp³-hybridized carbons (Fsp3) is 0.500. The van der Waals surface area contributed by atoms with E-state index in [9.17, 15) is 0 Å². The molecule has 0 spiro atoms. The molecule has 112 valence electrons. The number of hydrogen-bond donors (Lipinski definition) is 0. The highest BCUT2D eigenvalue weighted by Crippen LogP contribution is 2.29. The van der Waals surface area contributed by atoms with E-state index in [1.54, 1.807) is 0 Å². The van der Waals surface area contributed by atoms with Crippen molar-refractivity contribution in [1.29, 1.82) is 0 Å². The first-order valence-electron chi connectivity index (χ1n) is 7.93. The minimum absolute atomic E-state index is 0.498. The summed E-state index contributed by atoms with van der Waals surface area (Å²) in [6.45, 7) is 2.14. The Bertz CT molecular complexity index is 567. The summed E-state index contributed by atoms with van der Waals surface area (Å²) in [4.78, 5) is 0. The average molecular weight is 347 g/mol. The normalized spacial score (nSPS) is 17.2. The van der Waals surface area contributed by atoms with E-state index in [2.05, 4.69) is 64.1 Å². The third-order valence-corrected chi connectivity index (χ3v) is 5.33. The molecule has 0 aliphatic heterocycles. The second-order valence-corrected chi connectivity index (χ2v) is 6.84. The Morgan fingerprint density at radius 2 is 1.90 bits per heavy atom. The van der Waals surface area contributed by atoms with Crippen LogP contribution in [-0.4, -0.2) is 15.1 Å². The zero-order valence-corrected chi connectivity index (χ0v) is 14.2. The molecule has 1 aromatic heterocycles. The molecule has 1 heterocycles. The first-order valence-corrected chi connectivity index (χ1v) is 9.05. The smallest absolute Gasteiger partial charge is 0.0631 e. The second-order valence-electron chi connectivity index (χ2n) is 6.19. The molecule has 1 saturated carbocycles. The molecule has 1 atom stereocenters. The van der Waals surface area contributed by atoms with Crippen LogP contribution in [0.4, 0.5) is 0 Å². The molecule has 0 amide bonds. The number of aromatic nitrogens is 2. The van der Waals surface area contributed by atoms with Gasteiger partial charge in [0, 0.05) is 11.5 Å². The van der Waals surface area contributed by atoms with Gasteiger partial charge in [-0.15, -0.1) is 0 Å². The van der Waals surface area contributed by atoms with Crippen molar-refractivity contribution in [2.75, 3.05) is 5.33 Å². The number of aryl methyl sites for hydroxylation is 1. The lowest BCUT2D eigenvalue weighted by molar-refractivity contribution is 0.462. The minimum atomic E-state index is 0.498. The monoisotopic (exact) mass is 346 g/mol. The molecular weight excluding hydrogens is 324 g/mol. The molecule has 21 heavy (non-hydrogen) atoms. The van der Waals surface area contributed by atoms with Crippen molar-refractivity contribution in [3.05, 3.63) is 53.3 Å². The van der Waals surface area contributed by atoms with E-state index >= 15 is 0 Å². The highest BCUT2D eigenvalue weighted by Gasteiger charge is 2.18. The predicted octanol–water partition coefficient (Wildman–Crippen LogP) is 5.03. The molecule has 1 aromatic carbocycles. The Kier molecular flexibility index (Phi) is 4.79. The van der Waals surface area contributed by atoms with E-state index in [1.807, 2.05) is 0 Å². The number of alkyl halides is 1. The van der Waals surface area contributed by atoms with Gasteiger partial charge in [0.25, 0.3) is 0 Å². The van der Waals surface area contributed by atoms with Crippen molar-refractivity contribution in [1.82, 2.24) is 9.78 Å². The Labute approximate surface area is 135 Å². The molecular formula is C18H23BrN2. The van der Waals surface area contributed by atoms with Crippen LogP contribution in [0, 0.1) is 6.92 Å². The third-order valence-electron chi connectivity index (χ3n) is 4.55. The number of benzene rings is 1. The summed E-state index contributed by atoms with van der Waals surface area (Å²) in [5, 5.41) is 5.80. The first kappa shape index (κ1) is 14.8. The molecule has 2 nitrogen and oxygen atoms in total. The van der Waals surface area contributed by atoms with Crippen molar-refractivity contribution >= 4 is 15.9 Å². The number of nitrogens with zero attached hydrogens (tertiary/aromatic N) is 2. The lowest BCUT2D eigenvalue weighted by Crippen LogP contribution is -2.08. The van der Waals surface area contributed by atoms with Gasteiger partial charge in [-0.1, -0.05) is 58.6 Å². The minimum Gasteiger partial charge on any atom is -0.269 e. The van der Waals surface area contributed by atoms with Crippen molar-refractivity contribution in [3.63, 3.8) is 0 Å². The Morgan fingerprint density at radius 1 is 1.19 bits per heavy atom. The topological polar surface area (TPSA) is 17.8 Å². The van der Waals surface area contributed by atoms with E-state index in [0.717, 1.165) is 11.8 Å². The van der Waals surface area contributed by atoms with Gasteiger partial charge >= 0.3 is 0 Å². The van der Waals surface area contributed by atoms with Crippen LogP contribution in [0.3, 0.4) is 0 Å². The lowest BCUT2D eigenvalue weighted by Gasteiger charge is -2.14. The van der Waals surface area contributed by atoms with Gasteiger partial charge in [-0.05, 0) is 43.7 Å². The lowest BCUT2D eigenvalue weighted by atomic mass is 9.95. The zero-order chi connectivity index (χ0) is 14.7. The van der Waals surface area contributed by atoms with Gasteiger partial charge in [0.1, 0.15) is 0 Å². The summed E-state index contributed by atoms with van der Waals surface area (Å²) < 4.78 is 2.20. The molecule has 3 rings (SSSR count). The van der Waals surface area contributed by atoms with Crippen LogP contribution in [0.15, 0.2) is 36.5 Å². The maximum absolute atomic E-state index is 4.82. The molecule has 0 N–H and O–H groups in total. The van der Waals surface area contributed by atoms with Crippen LogP contribution < -0.4 is 0 Å². The summed E-state index contributed by atoms with van der Waals surface area (Å²) in [7, 11) is 0. The van der Waals surface area contributed by atoms with Gasteiger partial charge in [-0.25, -0.2) is 0 Å². The maximum Gasteiger partial charge on any atom is 0.0631 e. The largest absolute Gasteiger partial charge is 0.269 e.